The fraction of sp³-hybridized carbons (Fsp3) is 0.407. The summed E-state index contributed by atoms with van der Waals surface area (Å²) in [5, 5.41) is 12.4. The number of hydrogen-bond acceptors (Lipinski definition) is 5. The van der Waals surface area contributed by atoms with Gasteiger partial charge in [0, 0.05) is 54.9 Å². The van der Waals surface area contributed by atoms with Crippen molar-refractivity contribution < 1.29 is 9.90 Å². The number of carbonyl (C=O) groups is 1. The molecule has 2 aromatic heterocycles. The van der Waals surface area contributed by atoms with Gasteiger partial charge >= 0.3 is 0 Å². The molecule has 2 aliphatic rings. The molecule has 1 saturated heterocycles. The van der Waals surface area contributed by atoms with Gasteiger partial charge in [0.05, 0.1) is 5.69 Å². The van der Waals surface area contributed by atoms with Gasteiger partial charge in [-0.2, -0.15) is 0 Å². The molecule has 1 fully saturated rings. The average Bonchev–Trinajstić information content (AvgIpc) is 3.27. The number of pyridine rings is 1. The highest BCUT2D eigenvalue weighted by molar-refractivity contribution is 6.12. The number of ketones is 1. The Balaban J connectivity index is 1.45. The SMILES string of the molecule is CN(C)CCn1ccc2c1C(=O)c1cnccc1C2(O)C1CCN(Cc2ccccc2)CC1. The average molecular weight is 445 g/mol. The number of nitrogens with zero attached hydrogens (tertiary/aromatic N) is 4. The Labute approximate surface area is 195 Å². The van der Waals surface area contributed by atoms with E-state index in [-0.39, 0.29) is 11.7 Å². The minimum Gasteiger partial charge on any atom is -0.380 e. The van der Waals surface area contributed by atoms with Crippen molar-refractivity contribution in [3.8, 4) is 0 Å². The molecule has 0 radical (unpaired) electrons. The number of aliphatic hydroxyl groups is 1. The van der Waals surface area contributed by atoms with Crippen molar-refractivity contribution in [3.63, 3.8) is 0 Å². The van der Waals surface area contributed by atoms with Crippen LogP contribution in [0.3, 0.4) is 0 Å². The molecule has 5 rings (SSSR count). The Hall–Kier alpha value is -2.80. The first kappa shape index (κ1) is 22.0. The van der Waals surface area contributed by atoms with Crippen molar-refractivity contribution in [1.82, 2.24) is 19.4 Å². The molecule has 1 atom stereocenters. The zero-order valence-corrected chi connectivity index (χ0v) is 19.4. The van der Waals surface area contributed by atoms with Crippen LogP contribution in [0.15, 0.2) is 61.1 Å². The number of aromatic nitrogens is 2. The van der Waals surface area contributed by atoms with E-state index in [0.29, 0.717) is 23.4 Å². The molecule has 3 aromatic rings. The van der Waals surface area contributed by atoms with Gasteiger partial charge in [-0.3, -0.25) is 14.7 Å². The highest BCUT2D eigenvalue weighted by Crippen LogP contribution is 2.48. The number of likely N-dealkylation sites (tertiary alicyclic amines) is 1. The Morgan fingerprint density at radius 3 is 2.58 bits per heavy atom. The molecule has 1 aliphatic heterocycles. The molecule has 3 heterocycles. The van der Waals surface area contributed by atoms with Gasteiger partial charge in [0.15, 0.2) is 0 Å². The van der Waals surface area contributed by atoms with Gasteiger partial charge in [0.1, 0.15) is 5.60 Å². The Morgan fingerprint density at radius 2 is 1.85 bits per heavy atom. The third kappa shape index (κ3) is 3.92. The monoisotopic (exact) mass is 444 g/mol. The maximum absolute atomic E-state index is 13.5. The standard InChI is InChI=1S/C27H32N4O2/c1-29(2)16-17-31-15-11-24-25(31)26(32)22-18-28-12-8-23(22)27(24,33)21-9-13-30(14-10-21)19-20-6-4-3-5-7-20/h3-8,11-12,15,18,21,33H,9-10,13-14,16-17,19H2,1-2H3. The van der Waals surface area contributed by atoms with Gasteiger partial charge in [0.25, 0.3) is 0 Å². The number of carbonyl (C=O) groups excluding carboxylic acids is 1. The lowest BCUT2D eigenvalue weighted by Crippen LogP contribution is -2.47. The first-order valence-corrected chi connectivity index (χ1v) is 11.8. The topological polar surface area (TPSA) is 61.6 Å². The molecule has 0 amide bonds. The van der Waals surface area contributed by atoms with E-state index in [0.717, 1.165) is 44.6 Å². The third-order valence-electron chi connectivity index (χ3n) is 7.28. The lowest BCUT2D eigenvalue weighted by Gasteiger charge is -2.44. The first-order valence-electron chi connectivity index (χ1n) is 11.8. The van der Waals surface area contributed by atoms with Crippen LogP contribution in [0.25, 0.3) is 0 Å². The lowest BCUT2D eigenvalue weighted by molar-refractivity contribution is -0.0177. The second kappa shape index (κ2) is 8.86. The molecule has 172 valence electrons. The number of fused-ring (bicyclic) bond motifs is 2. The van der Waals surface area contributed by atoms with Gasteiger partial charge in [-0.25, -0.2) is 0 Å². The van der Waals surface area contributed by atoms with Crippen molar-refractivity contribution in [2.24, 2.45) is 5.92 Å². The Morgan fingerprint density at radius 1 is 1.09 bits per heavy atom. The summed E-state index contributed by atoms with van der Waals surface area (Å²) in [5.74, 6) is 0.00488. The van der Waals surface area contributed by atoms with E-state index >= 15 is 0 Å². The first-order chi connectivity index (χ1) is 16.0. The summed E-state index contributed by atoms with van der Waals surface area (Å²) in [6.07, 6.45) is 7.03. The van der Waals surface area contributed by atoms with Crippen LogP contribution in [-0.2, 0) is 18.7 Å². The lowest BCUT2D eigenvalue weighted by atomic mass is 9.67. The van der Waals surface area contributed by atoms with E-state index < -0.39 is 5.60 Å². The van der Waals surface area contributed by atoms with Crippen LogP contribution in [0.2, 0.25) is 0 Å². The molecular weight excluding hydrogens is 412 g/mol. The van der Waals surface area contributed by atoms with Gasteiger partial charge < -0.3 is 14.6 Å². The molecular formula is C27H32N4O2. The summed E-state index contributed by atoms with van der Waals surface area (Å²) in [6.45, 7) is 4.30. The minimum atomic E-state index is -1.18. The maximum atomic E-state index is 13.5. The molecule has 1 aliphatic carbocycles. The molecule has 0 bridgehead atoms. The van der Waals surface area contributed by atoms with E-state index in [1.54, 1.807) is 12.4 Å². The highest BCUT2D eigenvalue weighted by atomic mass is 16.3. The number of piperidine rings is 1. The van der Waals surface area contributed by atoms with Crippen molar-refractivity contribution in [3.05, 3.63) is 89.0 Å². The van der Waals surface area contributed by atoms with E-state index in [1.165, 1.54) is 5.56 Å². The summed E-state index contributed by atoms with van der Waals surface area (Å²) >= 11 is 0. The summed E-state index contributed by atoms with van der Waals surface area (Å²) < 4.78 is 2.00. The molecule has 0 spiro atoms. The van der Waals surface area contributed by atoms with Gasteiger partial charge in [0.2, 0.25) is 5.78 Å². The van der Waals surface area contributed by atoms with Crippen LogP contribution < -0.4 is 0 Å². The number of rotatable bonds is 6. The van der Waals surface area contributed by atoms with Gasteiger partial charge in [-0.05, 0) is 63.6 Å². The van der Waals surface area contributed by atoms with Gasteiger partial charge in [-0.1, -0.05) is 30.3 Å². The predicted octanol–water partition coefficient (Wildman–Crippen LogP) is 3.14. The molecule has 1 N–H and O–H groups in total. The Bertz CT molecular complexity index is 1130. The summed E-state index contributed by atoms with van der Waals surface area (Å²) in [5.41, 5.74) is 2.75. The van der Waals surface area contributed by atoms with E-state index in [1.807, 2.05) is 43.1 Å². The summed E-state index contributed by atoms with van der Waals surface area (Å²) in [4.78, 5) is 22.2. The molecule has 0 saturated carbocycles. The molecule has 6 heteroatoms. The second-order valence-corrected chi connectivity index (χ2v) is 9.63. The molecule has 1 unspecified atom stereocenters. The van der Waals surface area contributed by atoms with E-state index in [4.69, 9.17) is 0 Å². The van der Waals surface area contributed by atoms with Crippen LogP contribution in [0.1, 0.15) is 45.6 Å². The molecule has 6 nitrogen and oxygen atoms in total. The van der Waals surface area contributed by atoms with Crippen LogP contribution in [0, 0.1) is 5.92 Å². The normalized spacial score (nSPS) is 21.3. The van der Waals surface area contributed by atoms with E-state index in [2.05, 4.69) is 39.0 Å². The molecule has 33 heavy (non-hydrogen) atoms. The minimum absolute atomic E-state index is 0.0388. The fourth-order valence-electron chi connectivity index (χ4n) is 5.50. The largest absolute Gasteiger partial charge is 0.380 e. The van der Waals surface area contributed by atoms with Crippen LogP contribution in [-0.4, -0.2) is 64.0 Å². The second-order valence-electron chi connectivity index (χ2n) is 9.63. The van der Waals surface area contributed by atoms with E-state index in [9.17, 15) is 9.90 Å². The van der Waals surface area contributed by atoms with Crippen LogP contribution in [0.4, 0.5) is 0 Å². The number of likely N-dealkylation sites (N-methyl/N-ethyl adjacent to an activating group) is 1. The smallest absolute Gasteiger partial charge is 0.211 e. The molecule has 1 aromatic carbocycles. The quantitative estimate of drug-likeness (QED) is 0.633. The predicted molar refractivity (Wildman–Crippen MR) is 128 cm³/mol. The zero-order chi connectivity index (χ0) is 23.0. The summed E-state index contributed by atoms with van der Waals surface area (Å²) in [7, 11) is 4.05. The van der Waals surface area contributed by atoms with Crippen LogP contribution in [0.5, 0.6) is 0 Å². The number of benzene rings is 1. The highest BCUT2D eigenvalue weighted by Gasteiger charge is 2.49. The van der Waals surface area contributed by atoms with Crippen molar-refractivity contribution >= 4 is 5.78 Å². The maximum Gasteiger partial charge on any atom is 0.211 e. The third-order valence-corrected chi connectivity index (χ3v) is 7.28. The van der Waals surface area contributed by atoms with Gasteiger partial charge in [-0.15, -0.1) is 0 Å². The van der Waals surface area contributed by atoms with Crippen molar-refractivity contribution in [1.29, 1.82) is 0 Å². The summed E-state index contributed by atoms with van der Waals surface area (Å²) in [6, 6.07) is 14.3. The fourth-order valence-corrected chi connectivity index (χ4v) is 5.50. The Kier molecular flexibility index (Phi) is 5.91. The van der Waals surface area contributed by atoms with Crippen molar-refractivity contribution in [2.45, 2.75) is 31.5 Å². The van der Waals surface area contributed by atoms with Crippen molar-refractivity contribution in [2.75, 3.05) is 33.7 Å². The number of hydrogen-bond donors (Lipinski definition) is 1. The van der Waals surface area contributed by atoms with Crippen LogP contribution >= 0.6 is 0 Å². The zero-order valence-electron chi connectivity index (χ0n) is 19.4.